The zero-order valence-electron chi connectivity index (χ0n) is 11.7. The summed E-state index contributed by atoms with van der Waals surface area (Å²) in [7, 11) is 5.58. The third-order valence-corrected chi connectivity index (χ3v) is 2.93. The van der Waals surface area contributed by atoms with Crippen LogP contribution in [0.1, 0.15) is 19.0 Å². The lowest BCUT2D eigenvalue weighted by Crippen LogP contribution is -2.30. The highest BCUT2D eigenvalue weighted by Gasteiger charge is 2.30. The first-order valence-electron chi connectivity index (χ1n) is 6.10. The molecule has 0 aromatic carbocycles. The summed E-state index contributed by atoms with van der Waals surface area (Å²) in [5.74, 6) is 0.604. The van der Waals surface area contributed by atoms with E-state index in [1.807, 2.05) is 14.1 Å². The van der Waals surface area contributed by atoms with Crippen molar-refractivity contribution in [1.29, 1.82) is 0 Å². The van der Waals surface area contributed by atoms with Gasteiger partial charge in [-0.15, -0.1) is 0 Å². The number of nitrogens with two attached hydrogens (primary N) is 1. The van der Waals surface area contributed by atoms with Crippen LogP contribution in [0.25, 0.3) is 0 Å². The predicted octanol–water partition coefficient (Wildman–Crippen LogP) is 0.00960. The zero-order valence-corrected chi connectivity index (χ0v) is 11.7. The molecular weight excluding hydrogens is 232 g/mol. The Morgan fingerprint density at radius 2 is 2.22 bits per heavy atom. The second-order valence-corrected chi connectivity index (χ2v) is 4.90. The molecule has 104 valence electrons. The van der Waals surface area contributed by atoms with Gasteiger partial charge in [-0.2, -0.15) is 5.10 Å². The van der Waals surface area contributed by atoms with Crippen LogP contribution in [0.15, 0.2) is 6.20 Å². The monoisotopic (exact) mass is 256 g/mol. The molecular formula is C12H24N4O2. The van der Waals surface area contributed by atoms with Gasteiger partial charge in [0.1, 0.15) is 11.3 Å². The first-order chi connectivity index (χ1) is 8.42. The van der Waals surface area contributed by atoms with Crippen molar-refractivity contribution in [3.63, 3.8) is 0 Å². The number of hydrogen-bond donors (Lipinski definition) is 2. The highest BCUT2D eigenvalue weighted by atomic mass is 16.5. The normalized spacial score (nSPS) is 14.8. The van der Waals surface area contributed by atoms with Crippen LogP contribution in [-0.4, -0.2) is 54.1 Å². The van der Waals surface area contributed by atoms with E-state index in [1.165, 1.54) is 0 Å². The van der Waals surface area contributed by atoms with Crippen LogP contribution in [0.4, 0.5) is 0 Å². The fraction of sp³-hybridized carbons (Fsp3) is 0.750. The molecule has 18 heavy (non-hydrogen) atoms. The Kier molecular flexibility index (Phi) is 5.13. The minimum absolute atomic E-state index is 0.412. The van der Waals surface area contributed by atoms with Gasteiger partial charge in [0.2, 0.25) is 0 Å². The van der Waals surface area contributed by atoms with Crippen LogP contribution in [0.3, 0.4) is 0 Å². The maximum Gasteiger partial charge on any atom is 0.162 e. The van der Waals surface area contributed by atoms with E-state index in [1.54, 1.807) is 24.9 Å². The second-order valence-electron chi connectivity index (χ2n) is 4.90. The zero-order chi connectivity index (χ0) is 13.8. The molecule has 0 radical (unpaired) electrons. The molecule has 1 rings (SSSR count). The second kappa shape index (κ2) is 6.17. The summed E-state index contributed by atoms with van der Waals surface area (Å²) in [5.41, 5.74) is 5.21. The van der Waals surface area contributed by atoms with Crippen molar-refractivity contribution in [3.05, 3.63) is 11.9 Å². The molecule has 1 atom stereocenters. The van der Waals surface area contributed by atoms with Crippen molar-refractivity contribution in [2.75, 3.05) is 34.3 Å². The van der Waals surface area contributed by atoms with Crippen molar-refractivity contribution >= 4 is 0 Å². The largest absolute Gasteiger partial charge is 0.493 e. The van der Waals surface area contributed by atoms with Crippen LogP contribution >= 0.6 is 0 Å². The lowest BCUT2D eigenvalue weighted by molar-refractivity contribution is 0.0379. The Bertz CT molecular complexity index is 374. The molecule has 1 aromatic heterocycles. The van der Waals surface area contributed by atoms with E-state index in [-0.39, 0.29) is 0 Å². The van der Waals surface area contributed by atoms with Crippen LogP contribution in [0.2, 0.25) is 0 Å². The van der Waals surface area contributed by atoms with Crippen molar-refractivity contribution in [1.82, 2.24) is 14.7 Å². The van der Waals surface area contributed by atoms with E-state index in [9.17, 15) is 5.11 Å². The minimum atomic E-state index is -1.02. The van der Waals surface area contributed by atoms with Crippen molar-refractivity contribution in [3.8, 4) is 5.75 Å². The molecule has 1 heterocycles. The summed E-state index contributed by atoms with van der Waals surface area (Å²) in [6.45, 7) is 3.70. The average Bonchev–Trinajstić information content (AvgIpc) is 2.69. The van der Waals surface area contributed by atoms with Gasteiger partial charge < -0.3 is 20.5 Å². The number of rotatable bonds is 7. The van der Waals surface area contributed by atoms with Crippen LogP contribution in [0.5, 0.6) is 5.75 Å². The van der Waals surface area contributed by atoms with Gasteiger partial charge in [0.25, 0.3) is 0 Å². The smallest absolute Gasteiger partial charge is 0.162 e. The Balaban J connectivity index is 3.01. The van der Waals surface area contributed by atoms with E-state index in [4.69, 9.17) is 10.5 Å². The molecule has 1 aromatic rings. The molecule has 0 bridgehead atoms. The first-order valence-corrected chi connectivity index (χ1v) is 6.10. The van der Waals surface area contributed by atoms with Gasteiger partial charge in [0, 0.05) is 6.54 Å². The summed E-state index contributed by atoms with van der Waals surface area (Å²) >= 11 is 0. The Hall–Kier alpha value is -1.11. The summed E-state index contributed by atoms with van der Waals surface area (Å²) in [5, 5.41) is 14.8. The maximum atomic E-state index is 10.5. The first kappa shape index (κ1) is 14.9. The number of aromatic nitrogens is 2. The quantitative estimate of drug-likeness (QED) is 0.718. The van der Waals surface area contributed by atoms with E-state index >= 15 is 0 Å². The average molecular weight is 256 g/mol. The standard InChI is InChI=1S/C12H24N4O2/c1-12(17,5-6-13)11-10(18-4)9-14-16(11)8-7-15(2)3/h9,17H,5-8,13H2,1-4H3. The molecule has 0 saturated heterocycles. The fourth-order valence-corrected chi connectivity index (χ4v) is 1.92. The number of aliphatic hydroxyl groups is 1. The van der Waals surface area contributed by atoms with Gasteiger partial charge in [0.15, 0.2) is 5.75 Å². The highest BCUT2D eigenvalue weighted by Crippen LogP contribution is 2.31. The molecule has 0 spiro atoms. The van der Waals surface area contributed by atoms with E-state index < -0.39 is 5.60 Å². The topological polar surface area (TPSA) is 76.5 Å². The number of methoxy groups -OCH3 is 1. The summed E-state index contributed by atoms with van der Waals surface area (Å²) in [6, 6.07) is 0. The van der Waals surface area contributed by atoms with Crippen LogP contribution in [-0.2, 0) is 12.1 Å². The van der Waals surface area contributed by atoms with Gasteiger partial charge in [-0.3, -0.25) is 4.68 Å². The highest BCUT2D eigenvalue weighted by molar-refractivity contribution is 5.30. The minimum Gasteiger partial charge on any atom is -0.493 e. The lowest BCUT2D eigenvalue weighted by atomic mass is 9.97. The molecule has 0 aliphatic heterocycles. The van der Waals surface area contributed by atoms with Gasteiger partial charge >= 0.3 is 0 Å². The molecule has 6 nitrogen and oxygen atoms in total. The third-order valence-electron chi connectivity index (χ3n) is 2.93. The SMILES string of the molecule is COc1cnn(CCN(C)C)c1C(C)(O)CCN. The number of hydrogen-bond acceptors (Lipinski definition) is 5. The van der Waals surface area contributed by atoms with Crippen molar-refractivity contribution < 1.29 is 9.84 Å². The fourth-order valence-electron chi connectivity index (χ4n) is 1.92. The van der Waals surface area contributed by atoms with E-state index in [0.717, 1.165) is 6.54 Å². The van der Waals surface area contributed by atoms with E-state index in [0.29, 0.717) is 31.0 Å². The van der Waals surface area contributed by atoms with Gasteiger partial charge in [0.05, 0.1) is 19.9 Å². The van der Waals surface area contributed by atoms with Crippen molar-refractivity contribution in [2.45, 2.75) is 25.5 Å². The van der Waals surface area contributed by atoms with Gasteiger partial charge in [-0.25, -0.2) is 0 Å². The molecule has 0 fully saturated rings. The van der Waals surface area contributed by atoms with Crippen LogP contribution < -0.4 is 10.5 Å². The summed E-state index contributed by atoms with van der Waals surface area (Å²) < 4.78 is 7.05. The molecule has 6 heteroatoms. The number of likely N-dealkylation sites (N-methyl/N-ethyl adjacent to an activating group) is 1. The van der Waals surface area contributed by atoms with Crippen LogP contribution in [0, 0.1) is 0 Å². The van der Waals surface area contributed by atoms with Gasteiger partial charge in [-0.05, 0) is 34.0 Å². The number of ether oxygens (including phenoxy) is 1. The van der Waals surface area contributed by atoms with Gasteiger partial charge in [-0.1, -0.05) is 0 Å². The summed E-state index contributed by atoms with van der Waals surface area (Å²) in [4.78, 5) is 2.07. The number of nitrogens with zero attached hydrogens (tertiary/aromatic N) is 3. The Morgan fingerprint density at radius 3 is 2.72 bits per heavy atom. The molecule has 0 amide bonds. The summed E-state index contributed by atoms with van der Waals surface area (Å²) in [6.07, 6.45) is 2.10. The maximum absolute atomic E-state index is 10.5. The predicted molar refractivity (Wildman–Crippen MR) is 70.6 cm³/mol. The van der Waals surface area contributed by atoms with E-state index in [2.05, 4.69) is 10.00 Å². The molecule has 1 unspecified atom stereocenters. The Labute approximate surface area is 108 Å². The molecule has 0 aliphatic rings. The molecule has 0 aliphatic carbocycles. The Morgan fingerprint density at radius 1 is 1.56 bits per heavy atom. The molecule has 3 N–H and O–H groups in total. The molecule has 0 saturated carbocycles. The lowest BCUT2D eigenvalue weighted by Gasteiger charge is -2.25. The third kappa shape index (κ3) is 3.44. The van der Waals surface area contributed by atoms with Crippen molar-refractivity contribution in [2.24, 2.45) is 5.73 Å².